The summed E-state index contributed by atoms with van der Waals surface area (Å²) in [7, 11) is 1.57. The van der Waals surface area contributed by atoms with E-state index in [-0.39, 0.29) is 19.4 Å². The van der Waals surface area contributed by atoms with Crippen molar-refractivity contribution >= 4 is 40.6 Å². The molecule has 4 heterocycles. The summed E-state index contributed by atoms with van der Waals surface area (Å²) < 4.78 is 5.32. The monoisotopic (exact) mass is 454 g/mol. The van der Waals surface area contributed by atoms with Gasteiger partial charge in [-0.1, -0.05) is 0 Å². The lowest BCUT2D eigenvalue weighted by Gasteiger charge is -2.36. The van der Waals surface area contributed by atoms with Crippen LogP contribution in [-0.2, 0) is 36.0 Å². The Morgan fingerprint density at radius 3 is 2.48 bits per heavy atom. The molecule has 33 heavy (non-hydrogen) atoms. The number of hydrogen-bond acceptors (Lipinski definition) is 7. The number of methoxy groups -OCH3 is 1. The van der Waals surface area contributed by atoms with Crippen molar-refractivity contribution in [3.63, 3.8) is 0 Å². The number of nitrogens with zero attached hydrogens (tertiary/aromatic N) is 3. The van der Waals surface area contributed by atoms with Crippen molar-refractivity contribution in [2.45, 2.75) is 44.7 Å². The van der Waals surface area contributed by atoms with Gasteiger partial charge in [0.15, 0.2) is 5.54 Å². The number of fused-ring (bicyclic) bond motifs is 5. The van der Waals surface area contributed by atoms with Crippen molar-refractivity contribution in [3.05, 3.63) is 29.5 Å². The normalized spacial score (nSPS) is 23.3. The van der Waals surface area contributed by atoms with Crippen LogP contribution in [0.25, 0.3) is 10.9 Å². The number of carbonyl (C=O) groups excluding carboxylic acids is 5. The number of ether oxygens (including phenoxy) is 1. The smallest absolute Gasteiger partial charge is 0.355 e. The van der Waals surface area contributed by atoms with Gasteiger partial charge in [-0.2, -0.15) is 0 Å². The SMILES string of the molecule is COc1ccc2[nH]c3c(c2c1)CCN1C(=O)N(C(C)C(=O)ON2C(=O)CCC2=O)C(=O)C31C. The molecule has 172 valence electrons. The fourth-order valence-electron chi connectivity index (χ4n) is 4.84. The van der Waals surface area contributed by atoms with Crippen molar-refractivity contribution in [3.8, 4) is 5.75 Å². The molecule has 0 saturated carbocycles. The van der Waals surface area contributed by atoms with E-state index in [1.54, 1.807) is 20.1 Å². The van der Waals surface area contributed by atoms with Crippen LogP contribution in [0.5, 0.6) is 5.75 Å². The highest BCUT2D eigenvalue weighted by Gasteiger charge is 2.60. The van der Waals surface area contributed by atoms with E-state index in [0.29, 0.717) is 22.9 Å². The molecule has 2 fully saturated rings. The summed E-state index contributed by atoms with van der Waals surface area (Å²) in [4.78, 5) is 73.6. The third-order valence-corrected chi connectivity index (χ3v) is 6.71. The number of hydrogen-bond donors (Lipinski definition) is 1. The van der Waals surface area contributed by atoms with Gasteiger partial charge in [0, 0.05) is 30.3 Å². The molecule has 5 rings (SSSR count). The zero-order valence-electron chi connectivity index (χ0n) is 18.3. The molecule has 0 spiro atoms. The van der Waals surface area contributed by atoms with E-state index in [2.05, 4.69) is 4.98 Å². The van der Waals surface area contributed by atoms with Crippen LogP contribution < -0.4 is 4.74 Å². The molecule has 0 bridgehead atoms. The highest BCUT2D eigenvalue weighted by Crippen LogP contribution is 2.45. The van der Waals surface area contributed by atoms with Gasteiger partial charge < -0.3 is 19.5 Å². The average molecular weight is 454 g/mol. The van der Waals surface area contributed by atoms with E-state index in [0.717, 1.165) is 21.4 Å². The van der Waals surface area contributed by atoms with Crippen LogP contribution in [0, 0.1) is 0 Å². The molecule has 2 saturated heterocycles. The lowest BCUT2D eigenvalue weighted by atomic mass is 9.87. The number of nitrogens with one attached hydrogen (secondary N) is 1. The second kappa shape index (κ2) is 7.06. The summed E-state index contributed by atoms with van der Waals surface area (Å²) in [5.74, 6) is -2.22. The molecular formula is C22H22N4O7. The van der Waals surface area contributed by atoms with Crippen molar-refractivity contribution < 1.29 is 33.5 Å². The predicted octanol–water partition coefficient (Wildman–Crippen LogP) is 1.21. The highest BCUT2D eigenvalue weighted by atomic mass is 16.7. The van der Waals surface area contributed by atoms with Gasteiger partial charge in [0.2, 0.25) is 0 Å². The van der Waals surface area contributed by atoms with E-state index < -0.39 is 41.3 Å². The van der Waals surface area contributed by atoms with Crippen molar-refractivity contribution in [1.82, 2.24) is 19.8 Å². The summed E-state index contributed by atoms with van der Waals surface area (Å²) >= 11 is 0. The topological polar surface area (TPSA) is 129 Å². The summed E-state index contributed by atoms with van der Waals surface area (Å²) in [5, 5.41) is 1.31. The lowest BCUT2D eigenvalue weighted by molar-refractivity contribution is -0.200. The minimum absolute atomic E-state index is 0.0537. The number of benzene rings is 1. The van der Waals surface area contributed by atoms with Gasteiger partial charge in [-0.05, 0) is 44.0 Å². The maximum absolute atomic E-state index is 13.6. The molecule has 2 unspecified atom stereocenters. The van der Waals surface area contributed by atoms with E-state index in [1.165, 1.54) is 11.8 Å². The number of H-pyrrole nitrogens is 1. The Bertz CT molecular complexity index is 1230. The Kier molecular flexibility index (Phi) is 4.49. The number of aromatic amines is 1. The van der Waals surface area contributed by atoms with E-state index in [9.17, 15) is 24.0 Å². The van der Waals surface area contributed by atoms with Crippen LogP contribution in [0.15, 0.2) is 18.2 Å². The zero-order chi connectivity index (χ0) is 23.7. The van der Waals surface area contributed by atoms with Crippen LogP contribution in [-0.4, -0.2) is 69.3 Å². The first kappa shape index (κ1) is 21.0. The molecule has 3 aliphatic heterocycles. The zero-order valence-corrected chi connectivity index (χ0v) is 18.3. The third-order valence-electron chi connectivity index (χ3n) is 6.71. The molecule has 1 N–H and O–H groups in total. The lowest BCUT2D eigenvalue weighted by Crippen LogP contribution is -2.49. The Balaban J connectivity index is 1.49. The van der Waals surface area contributed by atoms with Gasteiger partial charge in [-0.15, -0.1) is 5.06 Å². The molecule has 0 aliphatic carbocycles. The minimum Gasteiger partial charge on any atom is -0.497 e. The van der Waals surface area contributed by atoms with Crippen LogP contribution >= 0.6 is 0 Å². The van der Waals surface area contributed by atoms with E-state index in [4.69, 9.17) is 9.57 Å². The third kappa shape index (κ3) is 2.77. The van der Waals surface area contributed by atoms with Gasteiger partial charge in [-0.25, -0.2) is 14.5 Å². The first-order chi connectivity index (χ1) is 15.7. The number of imide groups is 2. The summed E-state index contributed by atoms with van der Waals surface area (Å²) in [6.45, 7) is 3.25. The summed E-state index contributed by atoms with van der Waals surface area (Å²) in [6, 6.07) is 3.57. The van der Waals surface area contributed by atoms with Crippen molar-refractivity contribution in [2.24, 2.45) is 0 Å². The maximum atomic E-state index is 13.6. The number of hydroxylamine groups is 2. The van der Waals surface area contributed by atoms with Crippen LogP contribution in [0.4, 0.5) is 4.79 Å². The Hall–Kier alpha value is -3.89. The number of urea groups is 1. The Labute approximate surface area is 188 Å². The predicted molar refractivity (Wildman–Crippen MR) is 111 cm³/mol. The van der Waals surface area contributed by atoms with E-state index >= 15 is 0 Å². The Morgan fingerprint density at radius 1 is 1.12 bits per heavy atom. The number of carbonyl (C=O) groups is 5. The molecule has 5 amide bonds. The molecule has 2 aromatic rings. The standard InChI is InChI=1S/C22H22N4O7/c1-11(19(29)33-26-16(27)6-7-17(26)28)25-20(30)22(2)18-13(8-9-24(22)21(25)31)14-10-12(32-3)4-5-15(14)23-18/h4-5,10-11,23H,6-9H2,1-3H3. The quantitative estimate of drug-likeness (QED) is 0.543. The number of rotatable bonds is 4. The van der Waals surface area contributed by atoms with Gasteiger partial charge >= 0.3 is 12.0 Å². The fraction of sp³-hybridized carbons (Fsp3) is 0.409. The van der Waals surface area contributed by atoms with Crippen LogP contribution in [0.2, 0.25) is 0 Å². The molecule has 11 heteroatoms. The average Bonchev–Trinajstić information content (AvgIpc) is 3.39. The largest absolute Gasteiger partial charge is 0.497 e. The summed E-state index contributed by atoms with van der Waals surface area (Å²) in [5.41, 5.74) is 0.962. The van der Waals surface area contributed by atoms with Gasteiger partial charge in [-0.3, -0.25) is 14.4 Å². The van der Waals surface area contributed by atoms with Crippen molar-refractivity contribution in [1.29, 1.82) is 0 Å². The second-order valence-electron chi connectivity index (χ2n) is 8.49. The van der Waals surface area contributed by atoms with E-state index in [1.807, 2.05) is 12.1 Å². The van der Waals surface area contributed by atoms with Gasteiger partial charge in [0.05, 0.1) is 12.8 Å². The second-order valence-corrected chi connectivity index (χ2v) is 8.49. The van der Waals surface area contributed by atoms with Crippen LogP contribution in [0.3, 0.4) is 0 Å². The minimum atomic E-state index is -1.34. The van der Waals surface area contributed by atoms with Crippen molar-refractivity contribution in [2.75, 3.05) is 13.7 Å². The molecule has 1 aromatic carbocycles. The summed E-state index contributed by atoms with van der Waals surface area (Å²) in [6.07, 6.45) is 0.407. The number of amides is 5. The van der Waals surface area contributed by atoms with Crippen LogP contribution in [0.1, 0.15) is 37.9 Å². The highest BCUT2D eigenvalue weighted by molar-refractivity contribution is 6.11. The number of aromatic nitrogens is 1. The fourth-order valence-corrected chi connectivity index (χ4v) is 4.84. The first-order valence-corrected chi connectivity index (χ1v) is 10.6. The molecule has 3 aliphatic rings. The molecular weight excluding hydrogens is 432 g/mol. The van der Waals surface area contributed by atoms with Gasteiger partial charge in [0.25, 0.3) is 17.7 Å². The molecule has 0 radical (unpaired) electrons. The molecule has 2 atom stereocenters. The Morgan fingerprint density at radius 2 is 1.82 bits per heavy atom. The first-order valence-electron chi connectivity index (χ1n) is 10.6. The van der Waals surface area contributed by atoms with Gasteiger partial charge in [0.1, 0.15) is 11.8 Å². The molecule has 1 aromatic heterocycles. The molecule has 11 nitrogen and oxygen atoms in total. The maximum Gasteiger partial charge on any atom is 0.355 e.